The molecule has 0 aliphatic carbocycles. The van der Waals surface area contributed by atoms with Crippen LogP contribution in [0.5, 0.6) is 5.75 Å². The lowest BCUT2D eigenvalue weighted by atomic mass is 10.1. The van der Waals surface area contributed by atoms with Crippen molar-refractivity contribution < 1.29 is 4.74 Å². The second-order valence-electron chi connectivity index (χ2n) is 5.82. The normalized spacial score (nSPS) is 11.6. The Morgan fingerprint density at radius 3 is 2.56 bits per heavy atom. The molecule has 0 fully saturated rings. The number of nitrogens with zero attached hydrogens (tertiary/aromatic N) is 1. The molecule has 25 heavy (non-hydrogen) atoms. The summed E-state index contributed by atoms with van der Waals surface area (Å²) in [6, 6.07) is 8.86. The van der Waals surface area contributed by atoms with Crippen molar-refractivity contribution in [1.29, 1.82) is 0 Å². The van der Waals surface area contributed by atoms with Gasteiger partial charge in [-0.15, -0.1) is 0 Å². The van der Waals surface area contributed by atoms with E-state index < -0.39 is 0 Å². The van der Waals surface area contributed by atoms with E-state index in [1.54, 1.807) is 18.2 Å². The molecular weight excluding hydrogens is 359 g/mol. The highest BCUT2D eigenvalue weighted by Crippen LogP contribution is 2.29. The second-order valence-corrected chi connectivity index (χ2v) is 6.61. The number of nitrogens with one attached hydrogen (secondary N) is 1. The molecule has 1 N–H and O–H groups in total. The van der Waals surface area contributed by atoms with E-state index in [2.05, 4.69) is 23.7 Å². The highest BCUT2D eigenvalue weighted by molar-refractivity contribution is 6.45. The van der Waals surface area contributed by atoms with Crippen LogP contribution in [0.1, 0.15) is 13.8 Å². The third kappa shape index (κ3) is 3.61. The van der Waals surface area contributed by atoms with Crippen LogP contribution in [-0.2, 0) is 0 Å². The molecule has 0 saturated heterocycles. The van der Waals surface area contributed by atoms with Gasteiger partial charge >= 0.3 is 0 Å². The van der Waals surface area contributed by atoms with Gasteiger partial charge in [-0.3, -0.25) is 4.79 Å². The number of fused-ring (bicyclic) bond motifs is 2. The van der Waals surface area contributed by atoms with Crippen LogP contribution in [0.4, 0.5) is 0 Å². The lowest BCUT2D eigenvalue weighted by Crippen LogP contribution is -2.27. The molecule has 3 rings (SSSR count). The van der Waals surface area contributed by atoms with Crippen LogP contribution in [0, 0.1) is 0 Å². The molecule has 6 heteroatoms. The molecule has 0 aliphatic heterocycles. The highest BCUT2D eigenvalue weighted by Gasteiger charge is 2.12. The first-order valence-electron chi connectivity index (χ1n) is 8.34. The summed E-state index contributed by atoms with van der Waals surface area (Å²) in [6.45, 7) is 7.74. The maximum Gasteiger partial charge on any atom is 0.198 e. The fraction of sp³-hybridized carbons (Fsp3) is 0.316. The Bertz CT molecular complexity index is 965. The molecule has 0 unspecified atom stereocenters. The standard InChI is InChI=1S/C19H20Cl2N2O2/c1-3-23(4-2)9-10-25-12-5-6-13-16(11-12)22-15-8-7-14(20)18(21)17(15)19(13)24/h5-8,11H,3-4,9-10H2,1-2H3,(H,22,24). The molecule has 0 amide bonds. The molecule has 0 radical (unpaired) electrons. The molecule has 0 bridgehead atoms. The number of aromatic amines is 1. The minimum atomic E-state index is -0.133. The molecule has 1 heterocycles. The zero-order chi connectivity index (χ0) is 18.0. The molecule has 1 aromatic heterocycles. The lowest BCUT2D eigenvalue weighted by Gasteiger charge is -2.18. The van der Waals surface area contributed by atoms with Gasteiger partial charge in [0.25, 0.3) is 0 Å². The maximum absolute atomic E-state index is 12.7. The number of likely N-dealkylation sites (N-methyl/N-ethyl adjacent to an activating group) is 1. The molecule has 0 atom stereocenters. The third-order valence-corrected chi connectivity index (χ3v) is 5.20. The summed E-state index contributed by atoms with van der Waals surface area (Å²) in [6.07, 6.45) is 0. The van der Waals surface area contributed by atoms with E-state index in [0.29, 0.717) is 27.9 Å². The Kier molecular flexibility index (Phi) is 5.52. The van der Waals surface area contributed by atoms with Crippen molar-refractivity contribution in [3.8, 4) is 5.75 Å². The fourth-order valence-electron chi connectivity index (χ4n) is 2.90. The zero-order valence-electron chi connectivity index (χ0n) is 14.2. The van der Waals surface area contributed by atoms with Crippen molar-refractivity contribution in [3.63, 3.8) is 0 Å². The Morgan fingerprint density at radius 2 is 1.84 bits per heavy atom. The SMILES string of the molecule is CCN(CC)CCOc1ccc2c(=O)c3c(Cl)c(Cl)ccc3[nH]c2c1. The minimum Gasteiger partial charge on any atom is -0.492 e. The van der Waals surface area contributed by atoms with Crippen LogP contribution in [0.3, 0.4) is 0 Å². The summed E-state index contributed by atoms with van der Waals surface area (Å²) in [5.41, 5.74) is 1.24. The summed E-state index contributed by atoms with van der Waals surface area (Å²) in [7, 11) is 0. The summed E-state index contributed by atoms with van der Waals surface area (Å²) in [4.78, 5) is 18.3. The van der Waals surface area contributed by atoms with Crippen LogP contribution in [-0.4, -0.2) is 36.1 Å². The minimum absolute atomic E-state index is 0.133. The molecule has 0 aliphatic rings. The smallest absolute Gasteiger partial charge is 0.198 e. The maximum atomic E-state index is 12.7. The molecule has 3 aromatic rings. The average molecular weight is 379 g/mol. The van der Waals surface area contributed by atoms with E-state index in [1.807, 2.05) is 12.1 Å². The van der Waals surface area contributed by atoms with E-state index in [4.69, 9.17) is 27.9 Å². The van der Waals surface area contributed by atoms with Crippen molar-refractivity contribution in [2.24, 2.45) is 0 Å². The first-order valence-corrected chi connectivity index (χ1v) is 9.09. The van der Waals surface area contributed by atoms with Crippen LogP contribution in [0.15, 0.2) is 35.1 Å². The fourth-order valence-corrected chi connectivity index (χ4v) is 3.31. The van der Waals surface area contributed by atoms with E-state index in [9.17, 15) is 4.79 Å². The van der Waals surface area contributed by atoms with Crippen molar-refractivity contribution in [2.75, 3.05) is 26.2 Å². The van der Waals surface area contributed by atoms with Crippen LogP contribution in [0.25, 0.3) is 21.8 Å². The van der Waals surface area contributed by atoms with Gasteiger partial charge in [0, 0.05) is 18.0 Å². The number of aromatic nitrogens is 1. The predicted octanol–water partition coefficient (Wildman–Crippen LogP) is 4.71. The average Bonchev–Trinajstić information content (AvgIpc) is 2.62. The van der Waals surface area contributed by atoms with Crippen LogP contribution < -0.4 is 10.2 Å². The van der Waals surface area contributed by atoms with Gasteiger partial charge in [-0.1, -0.05) is 37.0 Å². The van der Waals surface area contributed by atoms with E-state index in [0.717, 1.165) is 30.9 Å². The summed E-state index contributed by atoms with van der Waals surface area (Å²) < 4.78 is 5.83. The number of pyridine rings is 1. The number of halogens is 2. The topological polar surface area (TPSA) is 45.3 Å². The largest absolute Gasteiger partial charge is 0.492 e. The number of ether oxygens (including phenoxy) is 1. The molecule has 4 nitrogen and oxygen atoms in total. The third-order valence-electron chi connectivity index (χ3n) is 4.40. The van der Waals surface area contributed by atoms with Gasteiger partial charge in [-0.2, -0.15) is 0 Å². The summed E-state index contributed by atoms with van der Waals surface area (Å²) >= 11 is 12.2. The van der Waals surface area contributed by atoms with Crippen molar-refractivity contribution >= 4 is 45.0 Å². The number of benzene rings is 2. The Labute approximate surface area is 156 Å². The summed E-state index contributed by atoms with van der Waals surface area (Å²) in [5, 5.41) is 1.63. The molecule has 0 spiro atoms. The van der Waals surface area contributed by atoms with Gasteiger partial charge in [0.05, 0.1) is 26.5 Å². The monoisotopic (exact) mass is 378 g/mol. The van der Waals surface area contributed by atoms with Gasteiger partial charge in [-0.05, 0) is 37.4 Å². The van der Waals surface area contributed by atoms with Gasteiger partial charge in [0.15, 0.2) is 5.43 Å². The Hall–Kier alpha value is -1.75. The highest BCUT2D eigenvalue weighted by atomic mass is 35.5. The lowest BCUT2D eigenvalue weighted by molar-refractivity contribution is 0.223. The molecule has 0 saturated carbocycles. The van der Waals surface area contributed by atoms with Crippen molar-refractivity contribution in [1.82, 2.24) is 9.88 Å². The zero-order valence-corrected chi connectivity index (χ0v) is 15.7. The van der Waals surface area contributed by atoms with E-state index in [1.165, 1.54) is 0 Å². The van der Waals surface area contributed by atoms with E-state index >= 15 is 0 Å². The second kappa shape index (κ2) is 7.65. The number of rotatable bonds is 6. The quantitative estimate of drug-likeness (QED) is 0.631. The van der Waals surface area contributed by atoms with Gasteiger partial charge in [0.1, 0.15) is 12.4 Å². The molecule has 132 valence electrons. The number of hydrogen-bond donors (Lipinski definition) is 1. The van der Waals surface area contributed by atoms with E-state index in [-0.39, 0.29) is 10.5 Å². The summed E-state index contributed by atoms with van der Waals surface area (Å²) in [5.74, 6) is 0.731. The van der Waals surface area contributed by atoms with Crippen LogP contribution >= 0.6 is 23.2 Å². The Balaban J connectivity index is 1.94. The van der Waals surface area contributed by atoms with Crippen molar-refractivity contribution in [2.45, 2.75) is 13.8 Å². The number of hydrogen-bond acceptors (Lipinski definition) is 3. The van der Waals surface area contributed by atoms with Crippen molar-refractivity contribution in [3.05, 3.63) is 50.6 Å². The molecule has 2 aromatic carbocycles. The van der Waals surface area contributed by atoms with Crippen LogP contribution in [0.2, 0.25) is 10.0 Å². The number of H-pyrrole nitrogens is 1. The Morgan fingerprint density at radius 1 is 1.08 bits per heavy atom. The van der Waals surface area contributed by atoms with Gasteiger partial charge in [-0.25, -0.2) is 0 Å². The van der Waals surface area contributed by atoms with Gasteiger partial charge in [0.2, 0.25) is 0 Å². The predicted molar refractivity (Wildman–Crippen MR) is 105 cm³/mol. The molecular formula is C19H20Cl2N2O2. The van der Waals surface area contributed by atoms with Gasteiger partial charge < -0.3 is 14.6 Å². The first-order chi connectivity index (χ1) is 12.0. The first kappa shape index (κ1) is 18.1.